The lowest BCUT2D eigenvalue weighted by Crippen LogP contribution is -2.29. The van der Waals surface area contributed by atoms with Gasteiger partial charge in [0.2, 0.25) is 0 Å². The third-order valence-electron chi connectivity index (χ3n) is 6.99. The predicted octanol–water partition coefficient (Wildman–Crippen LogP) is 6.61. The molecule has 1 amide bonds. The summed E-state index contributed by atoms with van der Waals surface area (Å²) in [4.78, 5) is 28.3. The maximum Gasteiger partial charge on any atom is 0.296 e. The number of ketones is 1. The highest BCUT2D eigenvalue weighted by Crippen LogP contribution is 2.42. The number of Topliss-reactive ketones (excluding diaryl/α,β-unsaturated/α-hetero) is 1. The molecule has 7 nitrogen and oxygen atoms in total. The molecule has 40 heavy (non-hydrogen) atoms. The van der Waals surface area contributed by atoms with E-state index in [0.717, 1.165) is 11.1 Å². The molecule has 0 spiro atoms. The summed E-state index contributed by atoms with van der Waals surface area (Å²) in [6, 6.07) is 24.9. The summed E-state index contributed by atoms with van der Waals surface area (Å²) < 4.78 is 17.0. The maximum absolute atomic E-state index is 13.5. The van der Waals surface area contributed by atoms with Crippen molar-refractivity contribution in [3.63, 3.8) is 0 Å². The van der Waals surface area contributed by atoms with Crippen LogP contribution in [-0.4, -0.2) is 28.8 Å². The van der Waals surface area contributed by atoms with E-state index >= 15 is 0 Å². The van der Waals surface area contributed by atoms with Crippen molar-refractivity contribution in [1.82, 2.24) is 4.90 Å². The SMILES string of the molecule is COc1ccc(/C(O)=C2\C(=O)C(=O)N(Cc3ccco3)C2c2cccc(OCc3ccccc3)c2)cc1C(C)C. The Bertz CT molecular complexity index is 1540. The maximum atomic E-state index is 13.5. The van der Waals surface area contributed by atoms with Crippen molar-refractivity contribution in [2.24, 2.45) is 0 Å². The molecule has 0 aliphatic carbocycles. The van der Waals surface area contributed by atoms with E-state index in [9.17, 15) is 14.7 Å². The van der Waals surface area contributed by atoms with E-state index in [1.807, 2.05) is 62.4 Å². The van der Waals surface area contributed by atoms with Crippen LogP contribution in [0.25, 0.3) is 5.76 Å². The van der Waals surface area contributed by atoms with Gasteiger partial charge in [-0.25, -0.2) is 0 Å². The lowest BCUT2D eigenvalue weighted by Gasteiger charge is -2.25. The summed E-state index contributed by atoms with van der Waals surface area (Å²) in [5, 5.41) is 11.6. The van der Waals surface area contributed by atoms with Crippen molar-refractivity contribution >= 4 is 17.4 Å². The van der Waals surface area contributed by atoms with Crippen LogP contribution < -0.4 is 9.47 Å². The lowest BCUT2D eigenvalue weighted by molar-refractivity contribution is -0.140. The molecule has 1 aliphatic rings. The number of hydrogen-bond acceptors (Lipinski definition) is 6. The van der Waals surface area contributed by atoms with Gasteiger partial charge < -0.3 is 23.9 Å². The zero-order chi connectivity index (χ0) is 28.2. The third kappa shape index (κ3) is 5.36. The zero-order valence-electron chi connectivity index (χ0n) is 22.7. The molecule has 1 aromatic heterocycles. The van der Waals surface area contributed by atoms with Crippen LogP contribution in [0.3, 0.4) is 0 Å². The summed E-state index contributed by atoms with van der Waals surface area (Å²) in [5.41, 5.74) is 2.97. The molecule has 1 saturated heterocycles. The first kappa shape index (κ1) is 26.8. The van der Waals surface area contributed by atoms with Gasteiger partial charge in [-0.05, 0) is 65.1 Å². The molecule has 1 atom stereocenters. The second kappa shape index (κ2) is 11.5. The molecule has 1 fully saturated rings. The minimum absolute atomic E-state index is 0.0108. The Morgan fingerprint density at radius 2 is 1.77 bits per heavy atom. The van der Waals surface area contributed by atoms with E-state index in [2.05, 4.69) is 0 Å². The standard InChI is InChI=1S/C33H31NO6/c1-21(2)27-18-24(14-15-28(27)38-3)31(35)29-30(34(33(37)32(29)36)19-26-13-8-16-39-26)23-11-7-12-25(17-23)40-20-22-9-5-4-6-10-22/h4-18,21,30,35H,19-20H2,1-3H3/b31-29+. The van der Waals surface area contributed by atoms with Gasteiger partial charge >= 0.3 is 0 Å². The highest BCUT2D eigenvalue weighted by molar-refractivity contribution is 6.46. The van der Waals surface area contributed by atoms with Crippen molar-refractivity contribution in [1.29, 1.82) is 0 Å². The minimum Gasteiger partial charge on any atom is -0.507 e. The second-order valence-corrected chi connectivity index (χ2v) is 9.96. The van der Waals surface area contributed by atoms with Crippen LogP contribution in [0.15, 0.2) is 101 Å². The van der Waals surface area contributed by atoms with E-state index in [-0.39, 0.29) is 23.8 Å². The molecule has 2 heterocycles. The van der Waals surface area contributed by atoms with Crippen molar-refractivity contribution in [2.45, 2.75) is 39.0 Å². The fourth-order valence-electron chi connectivity index (χ4n) is 4.96. The van der Waals surface area contributed by atoms with Crippen LogP contribution in [0.1, 0.15) is 53.8 Å². The molecule has 0 saturated carbocycles. The number of carbonyl (C=O) groups excluding carboxylic acids is 2. The molecule has 1 N–H and O–H groups in total. The number of ether oxygens (including phenoxy) is 2. The number of rotatable bonds is 9. The Labute approximate surface area is 233 Å². The smallest absolute Gasteiger partial charge is 0.296 e. The molecular weight excluding hydrogens is 506 g/mol. The third-order valence-corrected chi connectivity index (χ3v) is 6.99. The average Bonchev–Trinajstić information content (AvgIpc) is 3.58. The first-order valence-corrected chi connectivity index (χ1v) is 13.1. The van der Waals surface area contributed by atoms with E-state index in [0.29, 0.717) is 35.0 Å². The van der Waals surface area contributed by atoms with Gasteiger partial charge in [-0.15, -0.1) is 0 Å². The zero-order valence-corrected chi connectivity index (χ0v) is 22.7. The number of aliphatic hydroxyl groups excluding tert-OH is 1. The molecule has 1 unspecified atom stereocenters. The average molecular weight is 538 g/mol. The van der Waals surface area contributed by atoms with E-state index in [1.54, 1.807) is 43.5 Å². The van der Waals surface area contributed by atoms with Crippen molar-refractivity contribution in [2.75, 3.05) is 7.11 Å². The summed E-state index contributed by atoms with van der Waals surface area (Å²) in [6.45, 7) is 4.46. The Morgan fingerprint density at radius 1 is 0.975 bits per heavy atom. The normalized spacial score (nSPS) is 16.5. The van der Waals surface area contributed by atoms with Crippen LogP contribution in [-0.2, 0) is 22.7 Å². The van der Waals surface area contributed by atoms with Crippen LogP contribution in [0.5, 0.6) is 11.5 Å². The van der Waals surface area contributed by atoms with Gasteiger partial charge in [0.05, 0.1) is 31.5 Å². The monoisotopic (exact) mass is 537 g/mol. The molecule has 0 radical (unpaired) electrons. The van der Waals surface area contributed by atoms with Gasteiger partial charge in [0.1, 0.15) is 29.6 Å². The van der Waals surface area contributed by atoms with Crippen molar-refractivity contribution < 1.29 is 28.6 Å². The van der Waals surface area contributed by atoms with Crippen LogP contribution in [0.2, 0.25) is 0 Å². The van der Waals surface area contributed by atoms with E-state index in [1.165, 1.54) is 11.2 Å². The topological polar surface area (TPSA) is 89.2 Å². The number of amides is 1. The Balaban J connectivity index is 1.58. The van der Waals surface area contributed by atoms with E-state index < -0.39 is 17.7 Å². The highest BCUT2D eigenvalue weighted by atomic mass is 16.5. The summed E-state index contributed by atoms with van der Waals surface area (Å²) in [5.74, 6) is 0.183. The molecule has 0 bridgehead atoms. The fourth-order valence-corrected chi connectivity index (χ4v) is 4.96. The van der Waals surface area contributed by atoms with Gasteiger partial charge in [0, 0.05) is 5.56 Å². The van der Waals surface area contributed by atoms with Crippen LogP contribution in [0.4, 0.5) is 0 Å². The number of carbonyl (C=O) groups is 2. The first-order valence-electron chi connectivity index (χ1n) is 13.1. The Hall–Kier alpha value is -4.78. The van der Waals surface area contributed by atoms with Crippen LogP contribution >= 0.6 is 0 Å². The summed E-state index contributed by atoms with van der Waals surface area (Å²) in [7, 11) is 1.59. The molecule has 3 aromatic carbocycles. The molecule has 4 aromatic rings. The van der Waals surface area contributed by atoms with Gasteiger partial charge in [-0.3, -0.25) is 9.59 Å². The molecule has 5 rings (SSSR count). The molecule has 7 heteroatoms. The van der Waals surface area contributed by atoms with Gasteiger partial charge in [-0.2, -0.15) is 0 Å². The lowest BCUT2D eigenvalue weighted by atomic mass is 9.93. The number of furan rings is 1. The van der Waals surface area contributed by atoms with Gasteiger partial charge in [-0.1, -0.05) is 56.3 Å². The molecular formula is C33H31NO6. The van der Waals surface area contributed by atoms with Gasteiger partial charge in [0.25, 0.3) is 11.7 Å². The molecule has 1 aliphatic heterocycles. The predicted molar refractivity (Wildman–Crippen MR) is 151 cm³/mol. The quantitative estimate of drug-likeness (QED) is 0.147. The number of hydrogen-bond donors (Lipinski definition) is 1. The van der Waals surface area contributed by atoms with Crippen molar-refractivity contribution in [3.8, 4) is 11.5 Å². The van der Waals surface area contributed by atoms with Gasteiger partial charge in [0.15, 0.2) is 0 Å². The number of benzene rings is 3. The molecule has 204 valence electrons. The number of aliphatic hydroxyl groups is 1. The van der Waals surface area contributed by atoms with Crippen LogP contribution in [0, 0.1) is 0 Å². The number of methoxy groups -OCH3 is 1. The number of nitrogens with zero attached hydrogens (tertiary/aromatic N) is 1. The second-order valence-electron chi connectivity index (χ2n) is 9.96. The van der Waals surface area contributed by atoms with E-state index in [4.69, 9.17) is 13.9 Å². The minimum atomic E-state index is -0.852. The summed E-state index contributed by atoms with van der Waals surface area (Å²) in [6.07, 6.45) is 1.52. The Kier molecular flexibility index (Phi) is 7.73. The van der Waals surface area contributed by atoms with Crippen molar-refractivity contribution in [3.05, 3.63) is 125 Å². The largest absolute Gasteiger partial charge is 0.507 e. The number of likely N-dealkylation sites (tertiary alicyclic amines) is 1. The fraction of sp³-hybridized carbons (Fsp3) is 0.212. The summed E-state index contributed by atoms with van der Waals surface area (Å²) >= 11 is 0. The Morgan fingerprint density at radius 3 is 2.48 bits per heavy atom. The first-order chi connectivity index (χ1) is 19.4. The highest BCUT2D eigenvalue weighted by Gasteiger charge is 2.46.